The minimum atomic E-state index is -3.90. The van der Waals surface area contributed by atoms with Crippen LogP contribution in [0.1, 0.15) is 24.2 Å². The summed E-state index contributed by atoms with van der Waals surface area (Å²) in [5.74, 6) is -0.193. The molecule has 1 aromatic heterocycles. The van der Waals surface area contributed by atoms with Gasteiger partial charge in [-0.3, -0.25) is 9.52 Å². The van der Waals surface area contributed by atoms with Crippen LogP contribution in [0.2, 0.25) is 0 Å². The quantitative estimate of drug-likeness (QED) is 0.611. The van der Waals surface area contributed by atoms with Crippen molar-refractivity contribution in [3.05, 3.63) is 23.8 Å². The van der Waals surface area contributed by atoms with Crippen LogP contribution in [0.25, 0.3) is 0 Å². The molecule has 0 saturated carbocycles. The van der Waals surface area contributed by atoms with Crippen LogP contribution in [0.15, 0.2) is 32.3 Å². The summed E-state index contributed by atoms with van der Waals surface area (Å²) >= 11 is 4.10. The number of anilines is 1. The molecule has 29 heavy (non-hydrogen) atoms. The van der Waals surface area contributed by atoms with Crippen LogP contribution < -0.4 is 4.72 Å². The molecule has 1 aliphatic rings. The monoisotopic (exact) mass is 474 g/mol. The fourth-order valence-electron chi connectivity index (χ4n) is 2.63. The van der Waals surface area contributed by atoms with Crippen LogP contribution in [0.3, 0.4) is 0 Å². The number of hydrogen-bond acceptors (Lipinski definition) is 9. The van der Waals surface area contributed by atoms with Gasteiger partial charge in [0, 0.05) is 23.2 Å². The molecule has 3 rings (SSSR count). The van der Waals surface area contributed by atoms with Crippen molar-refractivity contribution in [1.29, 1.82) is 0 Å². The number of ether oxygens (including phenoxy) is 1. The molecule has 0 atom stereocenters. The van der Waals surface area contributed by atoms with Gasteiger partial charge in [0.15, 0.2) is 4.34 Å². The zero-order valence-corrected chi connectivity index (χ0v) is 19.5. The normalized spacial score (nSPS) is 15.0. The maximum Gasteiger partial charge on any atom is 0.263 e. The SMILES string of the molecule is CSc1ccc(S(=O)(=O)Nc2nnc(SC(C)C)s2)cc1C(=O)N1CCOCC1. The van der Waals surface area contributed by atoms with E-state index >= 15 is 0 Å². The predicted octanol–water partition coefficient (Wildman–Crippen LogP) is 3.03. The van der Waals surface area contributed by atoms with Crippen molar-refractivity contribution >= 4 is 55.9 Å². The fourth-order valence-corrected chi connectivity index (χ4v) is 6.43. The van der Waals surface area contributed by atoms with E-state index in [1.807, 2.05) is 20.1 Å². The highest BCUT2D eigenvalue weighted by Gasteiger charge is 2.24. The maximum absolute atomic E-state index is 12.9. The van der Waals surface area contributed by atoms with Crippen molar-refractivity contribution in [3.63, 3.8) is 0 Å². The molecule has 1 aliphatic heterocycles. The first-order valence-electron chi connectivity index (χ1n) is 8.88. The van der Waals surface area contributed by atoms with Crippen molar-refractivity contribution in [2.24, 2.45) is 0 Å². The van der Waals surface area contributed by atoms with Gasteiger partial charge in [0.2, 0.25) is 5.13 Å². The number of rotatable bonds is 7. The van der Waals surface area contributed by atoms with Gasteiger partial charge < -0.3 is 9.64 Å². The Morgan fingerprint density at radius 3 is 2.66 bits per heavy atom. The predicted molar refractivity (Wildman–Crippen MR) is 117 cm³/mol. The number of nitrogens with one attached hydrogen (secondary N) is 1. The zero-order valence-electron chi connectivity index (χ0n) is 16.2. The number of carbonyl (C=O) groups excluding carboxylic acids is 1. The lowest BCUT2D eigenvalue weighted by Crippen LogP contribution is -2.40. The summed E-state index contributed by atoms with van der Waals surface area (Å²) in [6, 6.07) is 4.58. The number of benzene rings is 1. The second-order valence-electron chi connectivity index (χ2n) is 6.41. The molecule has 1 saturated heterocycles. The van der Waals surface area contributed by atoms with Crippen molar-refractivity contribution in [3.8, 4) is 0 Å². The second-order valence-corrected chi connectivity index (χ2v) is 11.7. The average molecular weight is 475 g/mol. The molecule has 0 spiro atoms. The lowest BCUT2D eigenvalue weighted by Gasteiger charge is -2.27. The first-order valence-corrected chi connectivity index (χ1v) is 13.3. The third-order valence-corrected chi connectivity index (χ3v) is 8.16. The molecule has 0 radical (unpaired) electrons. The number of hydrogen-bond donors (Lipinski definition) is 1. The van der Waals surface area contributed by atoms with Gasteiger partial charge in [0.25, 0.3) is 15.9 Å². The van der Waals surface area contributed by atoms with E-state index in [1.54, 1.807) is 11.0 Å². The smallest absolute Gasteiger partial charge is 0.263 e. The van der Waals surface area contributed by atoms with Gasteiger partial charge in [-0.2, -0.15) is 0 Å². The third-order valence-electron chi connectivity index (χ3n) is 3.97. The molecular weight excluding hydrogens is 452 g/mol. The summed E-state index contributed by atoms with van der Waals surface area (Å²) in [6.45, 7) is 5.99. The van der Waals surface area contributed by atoms with Crippen LogP contribution in [0.5, 0.6) is 0 Å². The first kappa shape index (κ1) is 22.3. The number of morpholine rings is 1. The molecule has 1 N–H and O–H groups in total. The Morgan fingerprint density at radius 2 is 2.00 bits per heavy atom. The van der Waals surface area contributed by atoms with E-state index in [9.17, 15) is 13.2 Å². The van der Waals surface area contributed by atoms with Crippen molar-refractivity contribution in [2.45, 2.75) is 33.2 Å². The number of thioether (sulfide) groups is 2. The van der Waals surface area contributed by atoms with E-state index in [4.69, 9.17) is 4.74 Å². The van der Waals surface area contributed by atoms with E-state index < -0.39 is 10.0 Å². The minimum absolute atomic E-state index is 0.0140. The highest BCUT2D eigenvalue weighted by molar-refractivity contribution is 8.01. The van der Waals surface area contributed by atoms with Gasteiger partial charge in [-0.15, -0.1) is 22.0 Å². The summed E-state index contributed by atoms with van der Waals surface area (Å²) in [5, 5.41) is 8.42. The molecule has 2 heterocycles. The van der Waals surface area contributed by atoms with E-state index in [1.165, 1.54) is 47.0 Å². The molecule has 0 bridgehead atoms. The lowest BCUT2D eigenvalue weighted by atomic mass is 10.2. The number of aromatic nitrogens is 2. The molecule has 1 amide bonds. The lowest BCUT2D eigenvalue weighted by molar-refractivity contribution is 0.0300. The van der Waals surface area contributed by atoms with Gasteiger partial charge in [-0.1, -0.05) is 36.9 Å². The van der Waals surface area contributed by atoms with Gasteiger partial charge in [-0.25, -0.2) is 8.42 Å². The van der Waals surface area contributed by atoms with E-state index in [2.05, 4.69) is 14.9 Å². The summed E-state index contributed by atoms with van der Waals surface area (Å²) < 4.78 is 34.2. The standard InChI is InChI=1S/C17H22N4O4S4/c1-11(2)27-17-19-18-16(28-17)20-29(23,24)12-4-5-14(26-3)13(10-12)15(22)21-6-8-25-9-7-21/h4-5,10-11H,6-9H2,1-3H3,(H,18,20). The van der Waals surface area contributed by atoms with E-state index in [0.717, 1.165) is 4.90 Å². The highest BCUT2D eigenvalue weighted by atomic mass is 32.2. The molecule has 158 valence electrons. The molecule has 2 aromatic rings. The van der Waals surface area contributed by atoms with Crippen molar-refractivity contribution in [1.82, 2.24) is 15.1 Å². The molecular formula is C17H22N4O4S4. The van der Waals surface area contributed by atoms with Gasteiger partial charge in [-0.05, 0) is 24.5 Å². The van der Waals surface area contributed by atoms with Gasteiger partial charge in [0.1, 0.15) is 0 Å². The Labute approximate surface area is 182 Å². The molecule has 1 fully saturated rings. The van der Waals surface area contributed by atoms with Crippen molar-refractivity contribution in [2.75, 3.05) is 37.3 Å². The van der Waals surface area contributed by atoms with Gasteiger partial charge in [0.05, 0.1) is 23.7 Å². The molecule has 12 heteroatoms. The first-order chi connectivity index (χ1) is 13.8. The van der Waals surface area contributed by atoms with E-state index in [0.29, 0.717) is 41.5 Å². The van der Waals surface area contributed by atoms with Crippen LogP contribution in [-0.4, -0.2) is 67.2 Å². The maximum atomic E-state index is 12.9. The number of sulfonamides is 1. The Morgan fingerprint density at radius 1 is 1.28 bits per heavy atom. The number of carbonyl (C=O) groups is 1. The Balaban J connectivity index is 1.85. The molecule has 8 nitrogen and oxygen atoms in total. The summed E-state index contributed by atoms with van der Waals surface area (Å²) in [4.78, 5) is 15.4. The van der Waals surface area contributed by atoms with Crippen LogP contribution in [-0.2, 0) is 14.8 Å². The van der Waals surface area contributed by atoms with Crippen LogP contribution >= 0.6 is 34.9 Å². The Kier molecular flexibility index (Phi) is 7.43. The van der Waals surface area contributed by atoms with Crippen LogP contribution in [0, 0.1) is 0 Å². The average Bonchev–Trinajstić information content (AvgIpc) is 3.12. The Hall–Kier alpha value is -1.34. The van der Waals surface area contributed by atoms with Crippen LogP contribution in [0.4, 0.5) is 5.13 Å². The molecule has 0 aliphatic carbocycles. The second kappa shape index (κ2) is 9.65. The minimum Gasteiger partial charge on any atom is -0.378 e. The zero-order chi connectivity index (χ0) is 21.0. The van der Waals surface area contributed by atoms with E-state index in [-0.39, 0.29) is 15.9 Å². The largest absolute Gasteiger partial charge is 0.378 e. The van der Waals surface area contributed by atoms with Crippen molar-refractivity contribution < 1.29 is 17.9 Å². The topological polar surface area (TPSA) is 101 Å². The molecule has 0 unspecified atom stereocenters. The number of nitrogens with zero attached hydrogens (tertiary/aromatic N) is 3. The van der Waals surface area contributed by atoms with Gasteiger partial charge >= 0.3 is 0 Å². The fraction of sp³-hybridized carbons (Fsp3) is 0.471. The number of amides is 1. The summed E-state index contributed by atoms with van der Waals surface area (Å²) in [7, 11) is -3.90. The Bertz CT molecular complexity index is 972. The third kappa shape index (κ3) is 5.63. The highest BCUT2D eigenvalue weighted by Crippen LogP contribution is 2.31. The summed E-state index contributed by atoms with van der Waals surface area (Å²) in [5.41, 5.74) is 0.371. The molecule has 1 aromatic carbocycles. The summed E-state index contributed by atoms with van der Waals surface area (Å²) in [6.07, 6.45) is 1.85.